The SMILES string of the molecule is CC(C)(C)OOC1(OOC(C)(C)C)CC(c2ccccc2)NC(c2ccccc2)C1.O=CO. The molecule has 1 aliphatic rings. The van der Waals surface area contributed by atoms with Crippen LogP contribution in [-0.2, 0) is 24.3 Å². The predicted octanol–water partition coefficient (Wildman–Crippen LogP) is 5.74. The third-order valence-electron chi connectivity index (χ3n) is 4.72. The van der Waals surface area contributed by atoms with E-state index in [0.29, 0.717) is 12.8 Å². The highest BCUT2D eigenvalue weighted by molar-refractivity contribution is 5.32. The van der Waals surface area contributed by atoms with Crippen LogP contribution in [0.25, 0.3) is 0 Å². The van der Waals surface area contributed by atoms with Crippen molar-refractivity contribution in [2.75, 3.05) is 0 Å². The van der Waals surface area contributed by atoms with Gasteiger partial charge in [0.25, 0.3) is 6.47 Å². The van der Waals surface area contributed by atoms with Crippen LogP contribution in [0, 0.1) is 0 Å². The van der Waals surface area contributed by atoms with Crippen LogP contribution in [0.1, 0.15) is 77.6 Å². The minimum Gasteiger partial charge on any atom is -0.483 e. The molecule has 2 N–H and O–H groups in total. The highest BCUT2D eigenvalue weighted by Crippen LogP contribution is 2.43. The van der Waals surface area contributed by atoms with Gasteiger partial charge in [0.1, 0.15) is 0 Å². The Balaban J connectivity index is 0.00000122. The smallest absolute Gasteiger partial charge is 0.290 e. The molecule has 7 nitrogen and oxygen atoms in total. The van der Waals surface area contributed by atoms with Gasteiger partial charge in [0, 0.05) is 24.9 Å². The minimum absolute atomic E-state index is 0.0114. The molecule has 0 bridgehead atoms. The first-order valence-corrected chi connectivity index (χ1v) is 11.1. The zero-order valence-corrected chi connectivity index (χ0v) is 20.4. The zero-order valence-electron chi connectivity index (χ0n) is 20.4. The van der Waals surface area contributed by atoms with Gasteiger partial charge >= 0.3 is 0 Å². The van der Waals surface area contributed by atoms with E-state index < -0.39 is 17.0 Å². The minimum atomic E-state index is -1.06. The summed E-state index contributed by atoms with van der Waals surface area (Å²) < 4.78 is 0. The Hall–Kier alpha value is -2.29. The average molecular weight is 460 g/mol. The van der Waals surface area contributed by atoms with Crippen molar-refractivity contribution in [2.24, 2.45) is 0 Å². The number of benzene rings is 2. The van der Waals surface area contributed by atoms with E-state index in [1.165, 1.54) is 11.1 Å². The van der Waals surface area contributed by atoms with E-state index in [1.807, 2.05) is 77.9 Å². The lowest BCUT2D eigenvalue weighted by atomic mass is 9.86. The highest BCUT2D eigenvalue weighted by Gasteiger charge is 2.47. The maximum atomic E-state index is 8.36. The Morgan fingerprint density at radius 2 is 1.12 bits per heavy atom. The molecule has 1 aliphatic heterocycles. The van der Waals surface area contributed by atoms with Crippen LogP contribution in [0.15, 0.2) is 60.7 Å². The standard InChI is InChI=1S/C25H35NO4.CH2O2/c1-23(2,3)27-29-25(30-28-24(4,5)6)17-21(19-13-9-7-10-14-19)26-22(18-25)20-15-11-8-12-16-20;2-1-3/h7-16,21-22,26H,17-18H2,1-6H3;1H,(H,2,3). The summed E-state index contributed by atoms with van der Waals surface area (Å²) in [5, 5.41) is 10.7. The monoisotopic (exact) mass is 459 g/mol. The maximum absolute atomic E-state index is 8.36. The average Bonchev–Trinajstić information content (AvgIpc) is 2.77. The fourth-order valence-corrected chi connectivity index (χ4v) is 3.42. The number of hydrogen-bond donors (Lipinski definition) is 2. The fourth-order valence-electron chi connectivity index (χ4n) is 3.42. The molecule has 33 heavy (non-hydrogen) atoms. The largest absolute Gasteiger partial charge is 0.483 e. The molecule has 0 aliphatic carbocycles. The summed E-state index contributed by atoms with van der Waals surface area (Å²) in [7, 11) is 0. The molecular weight excluding hydrogens is 422 g/mol. The van der Waals surface area contributed by atoms with Crippen molar-refractivity contribution in [1.29, 1.82) is 0 Å². The molecule has 7 heteroatoms. The molecule has 0 aromatic heterocycles. The first-order valence-electron chi connectivity index (χ1n) is 11.1. The van der Waals surface area contributed by atoms with Crippen molar-refractivity contribution in [3.63, 3.8) is 0 Å². The van der Waals surface area contributed by atoms with E-state index >= 15 is 0 Å². The van der Waals surface area contributed by atoms with Gasteiger partial charge in [-0.1, -0.05) is 60.7 Å². The van der Waals surface area contributed by atoms with Crippen LogP contribution < -0.4 is 5.32 Å². The van der Waals surface area contributed by atoms with Gasteiger partial charge in [-0.2, -0.15) is 9.78 Å². The maximum Gasteiger partial charge on any atom is 0.290 e. The van der Waals surface area contributed by atoms with Crippen molar-refractivity contribution in [3.8, 4) is 0 Å². The zero-order chi connectivity index (χ0) is 24.5. The fraction of sp³-hybridized carbons (Fsp3) is 0.500. The van der Waals surface area contributed by atoms with Gasteiger partial charge in [-0.25, -0.2) is 9.78 Å². The molecule has 2 aromatic carbocycles. The number of piperidine rings is 1. The summed E-state index contributed by atoms with van der Waals surface area (Å²) in [6.45, 7) is 11.5. The van der Waals surface area contributed by atoms with Crippen molar-refractivity contribution < 1.29 is 29.5 Å². The van der Waals surface area contributed by atoms with Gasteiger partial charge in [0.2, 0.25) is 5.79 Å². The summed E-state index contributed by atoms with van der Waals surface area (Å²) in [5.41, 5.74) is 1.38. The van der Waals surface area contributed by atoms with Gasteiger partial charge in [0.15, 0.2) is 0 Å². The van der Waals surface area contributed by atoms with E-state index in [-0.39, 0.29) is 18.6 Å². The molecule has 1 saturated heterocycles. The van der Waals surface area contributed by atoms with Crippen LogP contribution in [0.5, 0.6) is 0 Å². The number of carbonyl (C=O) groups is 1. The van der Waals surface area contributed by atoms with Crippen LogP contribution in [0.2, 0.25) is 0 Å². The molecule has 2 atom stereocenters. The quantitative estimate of drug-likeness (QED) is 0.246. The summed E-state index contributed by atoms with van der Waals surface area (Å²) in [5.74, 6) is -1.06. The topological polar surface area (TPSA) is 86.3 Å². The second-order valence-corrected chi connectivity index (χ2v) is 10.1. The number of rotatable bonds is 6. The molecule has 2 unspecified atom stereocenters. The van der Waals surface area contributed by atoms with Crippen LogP contribution in [0.3, 0.4) is 0 Å². The van der Waals surface area contributed by atoms with Gasteiger partial charge in [0.05, 0.1) is 11.2 Å². The van der Waals surface area contributed by atoms with Crippen LogP contribution in [0.4, 0.5) is 0 Å². The molecule has 2 aromatic rings. The molecule has 1 heterocycles. The van der Waals surface area contributed by atoms with Crippen LogP contribution >= 0.6 is 0 Å². The number of nitrogens with one attached hydrogen (secondary N) is 1. The second kappa shape index (κ2) is 11.7. The summed E-state index contributed by atoms with van der Waals surface area (Å²) >= 11 is 0. The van der Waals surface area contributed by atoms with Crippen molar-refractivity contribution in [1.82, 2.24) is 5.32 Å². The molecule has 1 fully saturated rings. The van der Waals surface area contributed by atoms with Gasteiger partial charge in [-0.05, 0) is 52.7 Å². The van der Waals surface area contributed by atoms with E-state index in [4.69, 9.17) is 29.5 Å². The van der Waals surface area contributed by atoms with E-state index in [9.17, 15) is 0 Å². The third-order valence-corrected chi connectivity index (χ3v) is 4.72. The van der Waals surface area contributed by atoms with Crippen molar-refractivity contribution >= 4 is 6.47 Å². The molecule has 182 valence electrons. The molecule has 0 radical (unpaired) electrons. The molecule has 0 amide bonds. The lowest BCUT2D eigenvalue weighted by molar-refractivity contribution is -0.547. The Morgan fingerprint density at radius 1 is 0.788 bits per heavy atom. The highest BCUT2D eigenvalue weighted by atomic mass is 17.3. The Morgan fingerprint density at radius 3 is 1.42 bits per heavy atom. The van der Waals surface area contributed by atoms with E-state index in [2.05, 4.69) is 29.6 Å². The number of hydrogen-bond acceptors (Lipinski definition) is 6. The Labute approximate surface area is 196 Å². The van der Waals surface area contributed by atoms with E-state index in [1.54, 1.807) is 0 Å². The lowest BCUT2D eigenvalue weighted by Crippen LogP contribution is -2.50. The first-order chi connectivity index (χ1) is 15.5. The first kappa shape index (κ1) is 27.0. The Bertz CT molecular complexity index is 762. The lowest BCUT2D eigenvalue weighted by Gasteiger charge is -2.44. The molecule has 0 saturated carbocycles. The summed E-state index contributed by atoms with van der Waals surface area (Å²) in [4.78, 5) is 32.0. The van der Waals surface area contributed by atoms with E-state index in [0.717, 1.165) is 0 Å². The summed E-state index contributed by atoms with van der Waals surface area (Å²) in [6.07, 6.45) is 1.10. The summed E-state index contributed by atoms with van der Waals surface area (Å²) in [6, 6.07) is 20.7. The predicted molar refractivity (Wildman–Crippen MR) is 126 cm³/mol. The number of carboxylic acid groups (broad SMARTS) is 1. The van der Waals surface area contributed by atoms with Crippen LogP contribution in [-0.4, -0.2) is 28.6 Å². The Kier molecular flexibility index (Phi) is 9.57. The molecular formula is C26H37NO6. The van der Waals surface area contributed by atoms with Crippen molar-refractivity contribution in [2.45, 2.75) is 83.5 Å². The normalized spacial score (nSPS) is 20.4. The van der Waals surface area contributed by atoms with Gasteiger partial charge in [-0.15, -0.1) is 0 Å². The molecule has 3 rings (SSSR count). The molecule has 0 spiro atoms. The van der Waals surface area contributed by atoms with Crippen molar-refractivity contribution in [3.05, 3.63) is 71.8 Å². The second-order valence-electron chi connectivity index (χ2n) is 10.1. The van der Waals surface area contributed by atoms with Gasteiger partial charge < -0.3 is 10.4 Å². The third kappa shape index (κ3) is 9.23. The van der Waals surface area contributed by atoms with Gasteiger partial charge in [-0.3, -0.25) is 4.79 Å².